The number of methoxy groups -OCH3 is 1. The maximum absolute atomic E-state index is 11.3. The highest BCUT2D eigenvalue weighted by Gasteiger charge is 2.24. The van der Waals surface area contributed by atoms with E-state index >= 15 is 0 Å². The van der Waals surface area contributed by atoms with E-state index < -0.39 is 10.2 Å². The number of nitrogens with two attached hydrogens (primary N) is 1. The van der Waals surface area contributed by atoms with E-state index in [1.165, 1.54) is 4.31 Å². The zero-order valence-electron chi connectivity index (χ0n) is 13.4. The molecule has 1 aromatic heterocycles. The van der Waals surface area contributed by atoms with Crippen molar-refractivity contribution in [3.05, 3.63) is 35.3 Å². The Kier molecular flexibility index (Phi) is 5.16. The first-order chi connectivity index (χ1) is 11.5. The highest BCUT2D eigenvalue weighted by Crippen LogP contribution is 2.33. The molecule has 130 valence electrons. The third-order valence-corrected chi connectivity index (χ3v) is 6.06. The van der Waals surface area contributed by atoms with Gasteiger partial charge in [0, 0.05) is 43.8 Å². The van der Waals surface area contributed by atoms with Gasteiger partial charge in [0.2, 0.25) is 0 Å². The first kappa shape index (κ1) is 17.3. The summed E-state index contributed by atoms with van der Waals surface area (Å²) in [6.45, 7) is 2.94. The number of aromatic nitrogens is 1. The smallest absolute Gasteiger partial charge is 0.276 e. The molecule has 9 heteroatoms. The van der Waals surface area contributed by atoms with E-state index in [0.29, 0.717) is 26.2 Å². The monoisotopic (exact) mass is 368 g/mol. The van der Waals surface area contributed by atoms with E-state index in [-0.39, 0.29) is 0 Å². The van der Waals surface area contributed by atoms with Crippen molar-refractivity contribution in [2.45, 2.75) is 6.54 Å². The number of rotatable bonds is 5. The fourth-order valence-corrected chi connectivity index (χ4v) is 4.35. The Balaban J connectivity index is 1.65. The fraction of sp³-hybridized carbons (Fsp3) is 0.400. The molecule has 0 saturated carbocycles. The summed E-state index contributed by atoms with van der Waals surface area (Å²) >= 11 is 1.63. The normalized spacial score (nSPS) is 17.1. The molecule has 2 N–H and O–H groups in total. The summed E-state index contributed by atoms with van der Waals surface area (Å²) in [6, 6.07) is 7.81. The standard InChI is InChI=1S/C15H20N4O3S2/c1-22-14-5-3-2-4-13(14)15-17-10-12(23-15)11-18-6-8-19(9-7-18)24(16,20)21/h2-5,10H,6-9,11H2,1H3,(H2,16,20,21). The molecule has 2 aromatic rings. The Bertz CT molecular complexity index is 799. The van der Waals surface area contributed by atoms with E-state index in [1.807, 2.05) is 30.5 Å². The quantitative estimate of drug-likeness (QED) is 0.855. The van der Waals surface area contributed by atoms with Crippen molar-refractivity contribution in [2.24, 2.45) is 5.14 Å². The Morgan fingerprint density at radius 2 is 1.96 bits per heavy atom. The van der Waals surface area contributed by atoms with Crippen LogP contribution in [0.15, 0.2) is 30.5 Å². The van der Waals surface area contributed by atoms with Crippen LogP contribution in [-0.2, 0) is 16.8 Å². The van der Waals surface area contributed by atoms with Crippen LogP contribution in [0.4, 0.5) is 0 Å². The van der Waals surface area contributed by atoms with Crippen LogP contribution >= 0.6 is 11.3 Å². The van der Waals surface area contributed by atoms with Gasteiger partial charge < -0.3 is 4.74 Å². The van der Waals surface area contributed by atoms with E-state index in [4.69, 9.17) is 9.88 Å². The number of para-hydroxylation sites is 1. The molecule has 0 radical (unpaired) electrons. The molecule has 2 heterocycles. The first-order valence-electron chi connectivity index (χ1n) is 7.55. The van der Waals surface area contributed by atoms with Gasteiger partial charge in [0.05, 0.1) is 12.7 Å². The molecule has 0 spiro atoms. The van der Waals surface area contributed by atoms with E-state index in [9.17, 15) is 8.42 Å². The Morgan fingerprint density at radius 3 is 2.62 bits per heavy atom. The van der Waals surface area contributed by atoms with Crippen molar-refractivity contribution in [1.82, 2.24) is 14.2 Å². The highest BCUT2D eigenvalue weighted by atomic mass is 32.2. The van der Waals surface area contributed by atoms with Crippen molar-refractivity contribution >= 4 is 21.5 Å². The SMILES string of the molecule is COc1ccccc1-c1ncc(CN2CCN(S(N)(=O)=O)CC2)s1. The van der Waals surface area contributed by atoms with E-state index in [1.54, 1.807) is 18.4 Å². The molecule has 0 aliphatic carbocycles. The minimum Gasteiger partial charge on any atom is -0.496 e. The molecule has 0 atom stereocenters. The third-order valence-electron chi connectivity index (χ3n) is 3.96. The molecule has 0 amide bonds. The summed E-state index contributed by atoms with van der Waals surface area (Å²) in [5.41, 5.74) is 0.982. The molecular formula is C15H20N4O3S2. The molecule has 24 heavy (non-hydrogen) atoms. The van der Waals surface area contributed by atoms with Crippen LogP contribution < -0.4 is 9.88 Å². The summed E-state index contributed by atoms with van der Waals surface area (Å²) in [5.74, 6) is 0.806. The van der Waals surface area contributed by atoms with Gasteiger partial charge in [0.15, 0.2) is 0 Å². The second-order valence-corrected chi connectivity index (χ2v) is 8.21. The highest BCUT2D eigenvalue weighted by molar-refractivity contribution is 7.86. The molecule has 3 rings (SSSR count). The number of thiazole rings is 1. The molecular weight excluding hydrogens is 348 g/mol. The molecule has 1 aliphatic heterocycles. The Morgan fingerprint density at radius 1 is 1.25 bits per heavy atom. The van der Waals surface area contributed by atoms with Crippen LogP contribution in [0, 0.1) is 0 Å². The average molecular weight is 368 g/mol. The van der Waals surface area contributed by atoms with Crippen molar-refractivity contribution in [3.8, 4) is 16.3 Å². The summed E-state index contributed by atoms with van der Waals surface area (Å²) < 4.78 is 29.4. The molecule has 1 saturated heterocycles. The molecule has 0 unspecified atom stereocenters. The molecule has 7 nitrogen and oxygen atoms in total. The summed E-state index contributed by atoms with van der Waals surface area (Å²) in [4.78, 5) is 7.85. The predicted molar refractivity (Wildman–Crippen MR) is 94.1 cm³/mol. The van der Waals surface area contributed by atoms with Gasteiger partial charge in [0.1, 0.15) is 10.8 Å². The Labute approximate surface area is 145 Å². The lowest BCUT2D eigenvalue weighted by Gasteiger charge is -2.32. The van der Waals surface area contributed by atoms with Crippen LogP contribution in [0.5, 0.6) is 5.75 Å². The van der Waals surface area contributed by atoms with E-state index in [0.717, 1.165) is 27.7 Å². The van der Waals surface area contributed by atoms with Crippen LogP contribution in [-0.4, -0.2) is 55.9 Å². The van der Waals surface area contributed by atoms with Gasteiger partial charge in [-0.15, -0.1) is 11.3 Å². The van der Waals surface area contributed by atoms with Crippen LogP contribution in [0.2, 0.25) is 0 Å². The van der Waals surface area contributed by atoms with Crippen molar-refractivity contribution < 1.29 is 13.2 Å². The van der Waals surface area contributed by atoms with Crippen LogP contribution in [0.25, 0.3) is 10.6 Å². The van der Waals surface area contributed by atoms with Crippen LogP contribution in [0.1, 0.15) is 4.88 Å². The van der Waals surface area contributed by atoms with Crippen LogP contribution in [0.3, 0.4) is 0 Å². The lowest BCUT2D eigenvalue weighted by atomic mass is 10.2. The maximum Gasteiger partial charge on any atom is 0.276 e. The van der Waals surface area contributed by atoms with Gasteiger partial charge in [0.25, 0.3) is 10.2 Å². The largest absolute Gasteiger partial charge is 0.496 e. The zero-order chi connectivity index (χ0) is 17.2. The minimum atomic E-state index is -3.58. The number of hydrogen-bond acceptors (Lipinski definition) is 6. The van der Waals surface area contributed by atoms with Crippen molar-refractivity contribution in [1.29, 1.82) is 0 Å². The number of nitrogens with zero attached hydrogens (tertiary/aromatic N) is 3. The molecule has 1 aromatic carbocycles. The number of piperazine rings is 1. The predicted octanol–water partition coefficient (Wildman–Crippen LogP) is 1.14. The Hall–Kier alpha value is -1.52. The lowest BCUT2D eigenvalue weighted by Crippen LogP contribution is -2.50. The van der Waals surface area contributed by atoms with Gasteiger partial charge in [-0.05, 0) is 12.1 Å². The summed E-state index contributed by atoms with van der Waals surface area (Å²) in [6.07, 6.45) is 1.87. The fourth-order valence-electron chi connectivity index (χ4n) is 2.69. The van der Waals surface area contributed by atoms with Gasteiger partial charge in [-0.3, -0.25) is 4.90 Å². The molecule has 1 fully saturated rings. The molecule has 0 bridgehead atoms. The van der Waals surface area contributed by atoms with Gasteiger partial charge >= 0.3 is 0 Å². The van der Waals surface area contributed by atoms with Crippen molar-refractivity contribution in [2.75, 3.05) is 33.3 Å². The number of hydrogen-bond donors (Lipinski definition) is 1. The summed E-state index contributed by atoms with van der Waals surface area (Å²) in [5, 5.41) is 6.08. The van der Waals surface area contributed by atoms with Gasteiger partial charge in [-0.1, -0.05) is 12.1 Å². The van der Waals surface area contributed by atoms with Gasteiger partial charge in [-0.25, -0.2) is 10.1 Å². The first-order valence-corrected chi connectivity index (χ1v) is 9.87. The zero-order valence-corrected chi connectivity index (χ0v) is 15.0. The second-order valence-electron chi connectivity index (χ2n) is 5.55. The van der Waals surface area contributed by atoms with Gasteiger partial charge in [-0.2, -0.15) is 12.7 Å². The number of ether oxygens (including phenoxy) is 1. The molecule has 1 aliphatic rings. The minimum absolute atomic E-state index is 0.428. The summed E-state index contributed by atoms with van der Waals surface area (Å²) in [7, 11) is -1.93. The third kappa shape index (κ3) is 3.93. The van der Waals surface area contributed by atoms with E-state index in [2.05, 4.69) is 9.88 Å². The maximum atomic E-state index is 11.3. The average Bonchev–Trinajstić information content (AvgIpc) is 3.03. The number of benzene rings is 1. The topological polar surface area (TPSA) is 88.8 Å². The van der Waals surface area contributed by atoms with Crippen molar-refractivity contribution in [3.63, 3.8) is 0 Å². The lowest BCUT2D eigenvalue weighted by molar-refractivity contribution is 0.183. The second kappa shape index (κ2) is 7.16.